The molecule has 1 aliphatic heterocycles. The SMILES string of the molecule is O=C(O)Cc1ccc(NC(=S)NC(=O)c2ccc(N3CCOCC3)c([N+](=O)[O-])c2)cc1. The molecule has 31 heavy (non-hydrogen) atoms. The maximum Gasteiger partial charge on any atom is 0.307 e. The molecule has 1 heterocycles. The summed E-state index contributed by atoms with van der Waals surface area (Å²) in [5, 5.41) is 25.7. The molecule has 1 amide bonds. The second kappa shape index (κ2) is 9.96. The van der Waals surface area contributed by atoms with Crippen molar-refractivity contribution < 1.29 is 24.4 Å². The van der Waals surface area contributed by atoms with Gasteiger partial charge in [-0.05, 0) is 42.0 Å². The van der Waals surface area contributed by atoms with Gasteiger partial charge in [-0.2, -0.15) is 0 Å². The zero-order valence-corrected chi connectivity index (χ0v) is 17.2. The predicted molar refractivity (Wildman–Crippen MR) is 118 cm³/mol. The number of nitro benzene ring substituents is 1. The molecule has 1 saturated heterocycles. The number of carbonyl (C=O) groups excluding carboxylic acids is 1. The molecule has 0 aromatic heterocycles. The first-order valence-electron chi connectivity index (χ1n) is 9.37. The number of ether oxygens (including phenoxy) is 1. The van der Waals surface area contributed by atoms with Crippen LogP contribution in [0, 0.1) is 10.1 Å². The van der Waals surface area contributed by atoms with E-state index in [-0.39, 0.29) is 22.8 Å². The first-order valence-corrected chi connectivity index (χ1v) is 9.78. The molecule has 1 aliphatic rings. The number of hydrogen-bond acceptors (Lipinski definition) is 7. The molecule has 3 rings (SSSR count). The van der Waals surface area contributed by atoms with Crippen molar-refractivity contribution in [1.29, 1.82) is 0 Å². The van der Waals surface area contributed by atoms with Crippen LogP contribution in [0.5, 0.6) is 0 Å². The zero-order chi connectivity index (χ0) is 22.4. The Labute approximate surface area is 183 Å². The minimum atomic E-state index is -0.933. The number of morpholine rings is 1. The number of carbonyl (C=O) groups is 2. The number of nitrogens with zero attached hydrogens (tertiary/aromatic N) is 2. The summed E-state index contributed by atoms with van der Waals surface area (Å²) < 4.78 is 5.28. The van der Waals surface area contributed by atoms with Crippen LogP contribution < -0.4 is 15.5 Å². The molecule has 10 nitrogen and oxygen atoms in total. The fraction of sp³-hybridized carbons (Fsp3) is 0.250. The van der Waals surface area contributed by atoms with Gasteiger partial charge in [0, 0.05) is 30.4 Å². The Balaban J connectivity index is 1.66. The van der Waals surface area contributed by atoms with Crippen molar-refractivity contribution >= 4 is 46.3 Å². The first kappa shape index (κ1) is 22.1. The molecule has 1 fully saturated rings. The van der Waals surface area contributed by atoms with Gasteiger partial charge in [0.2, 0.25) is 0 Å². The summed E-state index contributed by atoms with van der Waals surface area (Å²) in [6.07, 6.45) is -0.0965. The number of nitrogens with one attached hydrogen (secondary N) is 2. The highest BCUT2D eigenvalue weighted by Gasteiger charge is 2.23. The van der Waals surface area contributed by atoms with E-state index in [1.165, 1.54) is 12.1 Å². The fourth-order valence-electron chi connectivity index (χ4n) is 3.10. The molecule has 0 aliphatic carbocycles. The molecule has 0 unspecified atom stereocenters. The summed E-state index contributed by atoms with van der Waals surface area (Å²) in [6.45, 7) is 2.03. The molecule has 3 N–H and O–H groups in total. The molecular formula is C20H20N4O6S. The molecule has 162 valence electrons. The van der Waals surface area contributed by atoms with Crippen LogP contribution in [0.4, 0.5) is 17.1 Å². The third-order valence-electron chi connectivity index (χ3n) is 4.58. The number of aliphatic carboxylic acids is 1. The average Bonchev–Trinajstić information content (AvgIpc) is 2.75. The van der Waals surface area contributed by atoms with E-state index in [0.29, 0.717) is 43.2 Å². The number of anilines is 2. The normalized spacial score (nSPS) is 13.4. The van der Waals surface area contributed by atoms with Crippen molar-refractivity contribution in [1.82, 2.24) is 5.32 Å². The van der Waals surface area contributed by atoms with Gasteiger partial charge in [-0.3, -0.25) is 25.0 Å². The number of rotatable bonds is 6. The van der Waals surface area contributed by atoms with E-state index in [9.17, 15) is 19.7 Å². The van der Waals surface area contributed by atoms with E-state index >= 15 is 0 Å². The smallest absolute Gasteiger partial charge is 0.307 e. The second-order valence-electron chi connectivity index (χ2n) is 6.74. The van der Waals surface area contributed by atoms with Crippen LogP contribution in [0.15, 0.2) is 42.5 Å². The highest BCUT2D eigenvalue weighted by atomic mass is 32.1. The zero-order valence-electron chi connectivity index (χ0n) is 16.4. The molecule has 0 bridgehead atoms. The maximum absolute atomic E-state index is 12.5. The summed E-state index contributed by atoms with van der Waals surface area (Å²) >= 11 is 5.13. The Bertz CT molecular complexity index is 1010. The molecule has 0 saturated carbocycles. The van der Waals surface area contributed by atoms with Crippen molar-refractivity contribution in [3.05, 3.63) is 63.7 Å². The lowest BCUT2D eigenvalue weighted by molar-refractivity contribution is -0.384. The van der Waals surface area contributed by atoms with Gasteiger partial charge in [0.15, 0.2) is 5.11 Å². The number of thiocarbonyl (C=S) groups is 1. The predicted octanol–water partition coefficient (Wildman–Crippen LogP) is 2.19. The lowest BCUT2D eigenvalue weighted by atomic mass is 10.1. The van der Waals surface area contributed by atoms with E-state index in [1.54, 1.807) is 30.3 Å². The van der Waals surface area contributed by atoms with Gasteiger partial charge in [-0.1, -0.05) is 12.1 Å². The van der Waals surface area contributed by atoms with Crippen LogP contribution in [0.2, 0.25) is 0 Å². The maximum atomic E-state index is 12.5. The minimum absolute atomic E-state index is 0.0101. The molecule has 11 heteroatoms. The van der Waals surface area contributed by atoms with Crippen LogP contribution in [0.3, 0.4) is 0 Å². The highest BCUT2D eigenvalue weighted by Crippen LogP contribution is 2.30. The lowest BCUT2D eigenvalue weighted by Crippen LogP contribution is -2.37. The van der Waals surface area contributed by atoms with Gasteiger partial charge >= 0.3 is 5.97 Å². The summed E-state index contributed by atoms with van der Waals surface area (Å²) in [7, 11) is 0. The summed E-state index contributed by atoms with van der Waals surface area (Å²) in [5.41, 5.74) is 1.56. The molecule has 2 aromatic carbocycles. The Kier molecular flexibility index (Phi) is 7.11. The Morgan fingerprint density at radius 2 is 1.84 bits per heavy atom. The minimum Gasteiger partial charge on any atom is -0.481 e. The highest BCUT2D eigenvalue weighted by molar-refractivity contribution is 7.80. The molecular weight excluding hydrogens is 424 g/mol. The van der Waals surface area contributed by atoms with Gasteiger partial charge in [-0.25, -0.2) is 0 Å². The summed E-state index contributed by atoms with van der Waals surface area (Å²) in [5.74, 6) is -1.52. The number of nitro groups is 1. The third-order valence-corrected chi connectivity index (χ3v) is 4.78. The Hall–Kier alpha value is -3.57. The van der Waals surface area contributed by atoms with Gasteiger partial charge in [-0.15, -0.1) is 0 Å². The van der Waals surface area contributed by atoms with Crippen LogP contribution in [-0.2, 0) is 16.0 Å². The van der Waals surface area contributed by atoms with Crippen molar-refractivity contribution in [2.24, 2.45) is 0 Å². The molecule has 0 spiro atoms. The number of hydrogen-bond donors (Lipinski definition) is 3. The molecule has 0 radical (unpaired) electrons. The number of benzene rings is 2. The van der Waals surface area contributed by atoms with Gasteiger partial charge in [0.05, 0.1) is 24.6 Å². The van der Waals surface area contributed by atoms with Gasteiger partial charge in [0.1, 0.15) is 5.69 Å². The van der Waals surface area contributed by atoms with Crippen LogP contribution in [-0.4, -0.2) is 53.3 Å². The topological polar surface area (TPSA) is 134 Å². The van der Waals surface area contributed by atoms with E-state index in [1.807, 2.05) is 4.90 Å². The average molecular weight is 444 g/mol. The summed E-state index contributed by atoms with van der Waals surface area (Å²) in [6, 6.07) is 10.8. The molecule has 0 atom stereocenters. The van der Waals surface area contributed by atoms with E-state index in [2.05, 4.69) is 10.6 Å². The van der Waals surface area contributed by atoms with Crippen molar-refractivity contribution in [2.45, 2.75) is 6.42 Å². The Morgan fingerprint density at radius 1 is 1.16 bits per heavy atom. The van der Waals surface area contributed by atoms with E-state index < -0.39 is 16.8 Å². The summed E-state index contributed by atoms with van der Waals surface area (Å²) in [4.78, 5) is 36.1. The Morgan fingerprint density at radius 3 is 2.45 bits per heavy atom. The first-order chi connectivity index (χ1) is 14.8. The van der Waals surface area contributed by atoms with Crippen LogP contribution >= 0.6 is 12.2 Å². The standard InChI is InChI=1S/C20H20N4O6S/c25-18(26)11-13-1-4-15(5-2-13)21-20(31)22-19(27)14-3-6-16(17(12-14)24(28)29)23-7-9-30-10-8-23/h1-6,12H,7-11H2,(H,25,26)(H2,21,22,27,31). The van der Waals surface area contributed by atoms with E-state index in [4.69, 9.17) is 22.1 Å². The number of carboxylic acids is 1. The lowest BCUT2D eigenvalue weighted by Gasteiger charge is -2.28. The monoisotopic (exact) mass is 444 g/mol. The number of amides is 1. The quantitative estimate of drug-likeness (QED) is 0.348. The van der Waals surface area contributed by atoms with Crippen molar-refractivity contribution in [3.8, 4) is 0 Å². The largest absolute Gasteiger partial charge is 0.481 e. The third kappa shape index (κ3) is 5.96. The second-order valence-corrected chi connectivity index (χ2v) is 7.14. The number of carboxylic acid groups (broad SMARTS) is 1. The van der Waals surface area contributed by atoms with Crippen molar-refractivity contribution in [2.75, 3.05) is 36.5 Å². The van der Waals surface area contributed by atoms with Gasteiger partial charge in [0.25, 0.3) is 11.6 Å². The van der Waals surface area contributed by atoms with Crippen molar-refractivity contribution in [3.63, 3.8) is 0 Å². The van der Waals surface area contributed by atoms with Crippen LogP contribution in [0.1, 0.15) is 15.9 Å². The van der Waals surface area contributed by atoms with E-state index in [0.717, 1.165) is 0 Å². The fourth-order valence-corrected chi connectivity index (χ4v) is 3.31. The van der Waals surface area contributed by atoms with Crippen LogP contribution in [0.25, 0.3) is 0 Å². The molecule has 2 aromatic rings. The van der Waals surface area contributed by atoms with Gasteiger partial charge < -0.3 is 20.1 Å².